The molecule has 3 rings (SSSR count). The number of aromatic nitrogens is 4. The third kappa shape index (κ3) is 2.97. The number of phenolic OH excluding ortho intramolecular Hbond substituents is 1. The molecule has 0 fully saturated rings. The molecular weight excluding hydrogens is 314 g/mol. The van der Waals surface area contributed by atoms with Gasteiger partial charge in [-0.3, -0.25) is 4.98 Å². The van der Waals surface area contributed by atoms with Gasteiger partial charge in [-0.25, -0.2) is 5.10 Å². The summed E-state index contributed by atoms with van der Waals surface area (Å²) in [7, 11) is 1.49. The van der Waals surface area contributed by atoms with E-state index in [1.807, 2.05) is 12.1 Å². The summed E-state index contributed by atoms with van der Waals surface area (Å²) in [6, 6.07) is 10.6. The highest BCUT2D eigenvalue weighted by Crippen LogP contribution is 2.28. The highest BCUT2D eigenvalue weighted by atomic mass is 32.1. The van der Waals surface area contributed by atoms with Crippen molar-refractivity contribution < 1.29 is 9.84 Å². The molecule has 2 N–H and O–H groups in total. The Morgan fingerprint density at radius 1 is 1.30 bits per heavy atom. The van der Waals surface area contributed by atoms with Crippen LogP contribution >= 0.6 is 12.2 Å². The Balaban J connectivity index is 2.01. The molecular formula is C15H13N5O2S. The summed E-state index contributed by atoms with van der Waals surface area (Å²) in [5, 5.41) is 21.2. The van der Waals surface area contributed by atoms with E-state index >= 15 is 0 Å². The summed E-state index contributed by atoms with van der Waals surface area (Å²) in [6.45, 7) is 0. The van der Waals surface area contributed by atoms with E-state index in [4.69, 9.17) is 17.0 Å². The van der Waals surface area contributed by atoms with Crippen molar-refractivity contribution in [1.82, 2.24) is 19.9 Å². The second-order valence-electron chi connectivity index (χ2n) is 4.52. The molecule has 7 nitrogen and oxygen atoms in total. The van der Waals surface area contributed by atoms with Crippen molar-refractivity contribution in [3.05, 3.63) is 52.9 Å². The van der Waals surface area contributed by atoms with Crippen molar-refractivity contribution >= 4 is 18.4 Å². The zero-order valence-corrected chi connectivity index (χ0v) is 13.0. The fourth-order valence-corrected chi connectivity index (χ4v) is 2.17. The van der Waals surface area contributed by atoms with Crippen LogP contribution in [0, 0.1) is 4.77 Å². The summed E-state index contributed by atoms with van der Waals surface area (Å²) >= 11 is 5.19. The van der Waals surface area contributed by atoms with E-state index in [1.54, 1.807) is 30.5 Å². The van der Waals surface area contributed by atoms with Crippen molar-refractivity contribution in [3.8, 4) is 23.0 Å². The molecule has 2 aromatic heterocycles. The van der Waals surface area contributed by atoms with Gasteiger partial charge in [-0.15, -0.1) is 0 Å². The van der Waals surface area contributed by atoms with E-state index in [-0.39, 0.29) is 5.75 Å². The minimum Gasteiger partial charge on any atom is -0.504 e. The van der Waals surface area contributed by atoms with Crippen LogP contribution in [0.2, 0.25) is 0 Å². The number of phenols is 1. The molecule has 0 bridgehead atoms. The lowest BCUT2D eigenvalue weighted by Crippen LogP contribution is -1.97. The van der Waals surface area contributed by atoms with E-state index in [2.05, 4.69) is 20.3 Å². The molecule has 0 aliphatic rings. The van der Waals surface area contributed by atoms with E-state index < -0.39 is 0 Å². The van der Waals surface area contributed by atoms with Gasteiger partial charge >= 0.3 is 0 Å². The lowest BCUT2D eigenvalue weighted by molar-refractivity contribution is 0.373. The Morgan fingerprint density at radius 2 is 2.17 bits per heavy atom. The van der Waals surface area contributed by atoms with Crippen molar-refractivity contribution in [1.29, 1.82) is 0 Å². The number of rotatable bonds is 4. The first kappa shape index (κ1) is 14.9. The van der Waals surface area contributed by atoms with Gasteiger partial charge in [-0.1, -0.05) is 12.1 Å². The first-order valence-electron chi connectivity index (χ1n) is 6.70. The Labute approximate surface area is 136 Å². The molecule has 8 heteroatoms. The van der Waals surface area contributed by atoms with Crippen molar-refractivity contribution in [2.24, 2.45) is 5.10 Å². The molecule has 116 valence electrons. The predicted octanol–water partition coefficient (Wildman–Crippen LogP) is 2.60. The van der Waals surface area contributed by atoms with Gasteiger partial charge in [0, 0.05) is 11.8 Å². The minimum atomic E-state index is 0.00755. The average Bonchev–Trinajstić information content (AvgIpc) is 2.95. The monoisotopic (exact) mass is 327 g/mol. The smallest absolute Gasteiger partial charge is 0.216 e. The number of pyridine rings is 1. The van der Waals surface area contributed by atoms with Crippen LogP contribution < -0.4 is 4.74 Å². The molecule has 0 spiro atoms. The molecule has 1 aromatic carbocycles. The summed E-state index contributed by atoms with van der Waals surface area (Å²) < 4.78 is 6.84. The molecule has 0 aliphatic carbocycles. The number of ether oxygens (including phenoxy) is 1. The van der Waals surface area contributed by atoms with Gasteiger partial charge < -0.3 is 9.84 Å². The van der Waals surface area contributed by atoms with E-state index in [0.717, 1.165) is 0 Å². The fraction of sp³-hybridized carbons (Fsp3) is 0.0667. The standard InChI is InChI=1S/C15H13N5O2S/c1-22-12-7-4-5-10(13(12)21)9-17-20-14(18-19-15(20)23)11-6-2-3-8-16-11/h2-9,21H,1H3,(H,19,23)/b17-9+. The highest BCUT2D eigenvalue weighted by molar-refractivity contribution is 7.71. The maximum Gasteiger partial charge on any atom is 0.216 e. The molecule has 0 atom stereocenters. The predicted molar refractivity (Wildman–Crippen MR) is 88.3 cm³/mol. The summed E-state index contributed by atoms with van der Waals surface area (Å²) in [5.74, 6) is 0.858. The zero-order chi connectivity index (χ0) is 16.2. The highest BCUT2D eigenvalue weighted by Gasteiger charge is 2.09. The number of nitrogens with one attached hydrogen (secondary N) is 1. The average molecular weight is 327 g/mol. The van der Waals surface area contributed by atoms with Crippen LogP contribution in [0.5, 0.6) is 11.5 Å². The molecule has 2 heterocycles. The number of aromatic amines is 1. The summed E-state index contributed by atoms with van der Waals surface area (Å²) in [5.41, 5.74) is 1.13. The van der Waals surface area contributed by atoms with E-state index in [1.165, 1.54) is 18.0 Å². The Morgan fingerprint density at radius 3 is 2.91 bits per heavy atom. The molecule has 0 aliphatic heterocycles. The fourth-order valence-electron chi connectivity index (χ4n) is 1.99. The van der Waals surface area contributed by atoms with E-state index in [0.29, 0.717) is 27.6 Å². The largest absolute Gasteiger partial charge is 0.504 e. The maximum atomic E-state index is 10.1. The van der Waals surface area contributed by atoms with Crippen LogP contribution in [0.3, 0.4) is 0 Å². The van der Waals surface area contributed by atoms with Gasteiger partial charge in [0.2, 0.25) is 10.6 Å². The van der Waals surface area contributed by atoms with Gasteiger partial charge in [0.25, 0.3) is 0 Å². The lowest BCUT2D eigenvalue weighted by Gasteiger charge is -2.05. The van der Waals surface area contributed by atoms with Crippen molar-refractivity contribution in [2.45, 2.75) is 0 Å². The van der Waals surface area contributed by atoms with Crippen LogP contribution in [0.15, 0.2) is 47.7 Å². The third-order valence-electron chi connectivity index (χ3n) is 3.11. The second kappa shape index (κ2) is 6.41. The SMILES string of the molecule is COc1cccc(/C=N/n2c(-c3ccccn3)n[nH]c2=S)c1O. The van der Waals surface area contributed by atoms with Crippen molar-refractivity contribution in [3.63, 3.8) is 0 Å². The lowest BCUT2D eigenvalue weighted by atomic mass is 10.2. The molecule has 0 radical (unpaired) electrons. The zero-order valence-electron chi connectivity index (χ0n) is 12.2. The van der Waals surface area contributed by atoms with Gasteiger partial charge in [-0.05, 0) is 36.5 Å². The number of hydrogen-bond acceptors (Lipinski definition) is 6. The first-order chi connectivity index (χ1) is 11.2. The topological polar surface area (TPSA) is 88.3 Å². The Hall–Kier alpha value is -3.00. The van der Waals surface area contributed by atoms with Gasteiger partial charge in [-0.2, -0.15) is 14.9 Å². The molecule has 0 unspecified atom stereocenters. The molecule has 3 aromatic rings. The number of hydrogen-bond donors (Lipinski definition) is 2. The quantitative estimate of drug-likeness (QED) is 0.568. The summed E-state index contributed by atoms with van der Waals surface area (Å²) in [4.78, 5) is 4.23. The maximum absolute atomic E-state index is 10.1. The number of para-hydroxylation sites is 1. The number of H-pyrrole nitrogens is 1. The number of nitrogens with zero attached hydrogens (tertiary/aromatic N) is 4. The third-order valence-corrected chi connectivity index (χ3v) is 3.37. The van der Waals surface area contributed by atoms with E-state index in [9.17, 15) is 5.11 Å². The molecule has 0 amide bonds. The summed E-state index contributed by atoms with van der Waals surface area (Å²) in [6.07, 6.45) is 3.14. The van der Waals surface area contributed by atoms with Crippen LogP contribution in [0.25, 0.3) is 11.5 Å². The van der Waals surface area contributed by atoms with Crippen LogP contribution in [-0.4, -0.2) is 38.3 Å². The first-order valence-corrected chi connectivity index (χ1v) is 7.10. The van der Waals surface area contributed by atoms with Crippen LogP contribution in [0.4, 0.5) is 0 Å². The minimum absolute atomic E-state index is 0.00755. The van der Waals surface area contributed by atoms with Crippen molar-refractivity contribution in [2.75, 3.05) is 7.11 Å². The second-order valence-corrected chi connectivity index (χ2v) is 4.91. The number of benzene rings is 1. The Bertz CT molecular complexity index is 902. The molecule has 0 saturated heterocycles. The van der Waals surface area contributed by atoms with Gasteiger partial charge in [0.15, 0.2) is 11.5 Å². The Kier molecular flexibility index (Phi) is 4.15. The van der Waals surface area contributed by atoms with Gasteiger partial charge in [0.05, 0.1) is 13.3 Å². The molecule has 23 heavy (non-hydrogen) atoms. The number of aromatic hydroxyl groups is 1. The number of methoxy groups -OCH3 is 1. The van der Waals surface area contributed by atoms with Gasteiger partial charge in [0.1, 0.15) is 5.69 Å². The van der Waals surface area contributed by atoms with Crippen LogP contribution in [0.1, 0.15) is 5.56 Å². The van der Waals surface area contributed by atoms with Crippen LogP contribution in [-0.2, 0) is 0 Å². The normalized spacial score (nSPS) is 11.0. The molecule has 0 saturated carbocycles.